The van der Waals surface area contributed by atoms with Crippen LogP contribution in [0.1, 0.15) is 29.4 Å². The molecule has 1 aliphatic heterocycles. The van der Waals surface area contributed by atoms with Crippen molar-refractivity contribution in [2.75, 3.05) is 30.3 Å². The van der Waals surface area contributed by atoms with E-state index in [1.807, 2.05) is 0 Å². The van der Waals surface area contributed by atoms with Crippen molar-refractivity contribution >= 4 is 28.0 Å². The van der Waals surface area contributed by atoms with Crippen LogP contribution in [0.3, 0.4) is 0 Å². The van der Waals surface area contributed by atoms with Crippen LogP contribution in [0.5, 0.6) is 0 Å². The van der Waals surface area contributed by atoms with Crippen molar-refractivity contribution in [1.29, 1.82) is 0 Å². The molecule has 1 aromatic heterocycles. The number of esters is 1. The normalized spacial score (nSPS) is 19.6. The van der Waals surface area contributed by atoms with Crippen LogP contribution < -0.4 is 10.6 Å². The first-order valence-corrected chi connectivity index (χ1v) is 7.52. The monoisotopic (exact) mass is 322 g/mol. The molecule has 1 atom stereocenters. The average molecular weight is 322 g/mol. The summed E-state index contributed by atoms with van der Waals surface area (Å²) >= 11 is 1.09. The SMILES string of the molecule is CCOC(=O)c1sc(N2CCCC(C(F)(F)F)C2)cc1N. The highest BCUT2D eigenvalue weighted by Crippen LogP contribution is 2.38. The third-order valence-corrected chi connectivity index (χ3v) is 4.60. The van der Waals surface area contributed by atoms with Gasteiger partial charge in [-0.15, -0.1) is 11.3 Å². The maximum Gasteiger partial charge on any atom is 0.393 e. The van der Waals surface area contributed by atoms with Gasteiger partial charge in [-0.3, -0.25) is 0 Å². The topological polar surface area (TPSA) is 55.6 Å². The van der Waals surface area contributed by atoms with Crippen molar-refractivity contribution in [3.05, 3.63) is 10.9 Å². The lowest BCUT2D eigenvalue weighted by molar-refractivity contribution is -0.175. The van der Waals surface area contributed by atoms with Crippen LogP contribution >= 0.6 is 11.3 Å². The van der Waals surface area contributed by atoms with E-state index in [-0.39, 0.29) is 30.1 Å². The number of anilines is 2. The largest absolute Gasteiger partial charge is 0.462 e. The Hall–Kier alpha value is -1.44. The molecular formula is C13H17F3N2O2S. The molecule has 2 rings (SSSR count). The number of ether oxygens (including phenoxy) is 1. The lowest BCUT2D eigenvalue weighted by Gasteiger charge is -2.34. The van der Waals surface area contributed by atoms with Crippen molar-refractivity contribution in [2.24, 2.45) is 5.92 Å². The minimum atomic E-state index is -4.19. The summed E-state index contributed by atoms with van der Waals surface area (Å²) in [5, 5.41) is 0.588. The Kier molecular flexibility index (Phi) is 4.65. The zero-order chi connectivity index (χ0) is 15.6. The quantitative estimate of drug-likeness (QED) is 0.868. The zero-order valence-corrected chi connectivity index (χ0v) is 12.4. The zero-order valence-electron chi connectivity index (χ0n) is 11.6. The average Bonchev–Trinajstić information content (AvgIpc) is 2.80. The van der Waals surface area contributed by atoms with Gasteiger partial charge in [0.1, 0.15) is 4.88 Å². The number of alkyl halides is 3. The molecule has 0 radical (unpaired) electrons. The molecule has 0 bridgehead atoms. The summed E-state index contributed by atoms with van der Waals surface area (Å²) in [6.07, 6.45) is -3.58. The first-order valence-electron chi connectivity index (χ1n) is 6.71. The predicted octanol–water partition coefficient (Wildman–Crippen LogP) is 3.29. The molecule has 0 amide bonds. The Morgan fingerprint density at radius 1 is 1.57 bits per heavy atom. The second kappa shape index (κ2) is 6.13. The van der Waals surface area contributed by atoms with Crippen molar-refractivity contribution in [3.8, 4) is 0 Å². The third kappa shape index (κ3) is 3.61. The van der Waals surface area contributed by atoms with Gasteiger partial charge in [0.25, 0.3) is 0 Å². The first kappa shape index (κ1) is 15.9. The molecule has 1 saturated heterocycles. The van der Waals surface area contributed by atoms with E-state index < -0.39 is 18.1 Å². The molecule has 118 valence electrons. The number of piperidine rings is 1. The van der Waals surface area contributed by atoms with Crippen LogP contribution in [-0.2, 0) is 4.74 Å². The summed E-state index contributed by atoms with van der Waals surface area (Å²) in [6.45, 7) is 2.35. The standard InChI is InChI=1S/C13H17F3N2O2S/c1-2-20-12(19)11-9(17)6-10(21-11)18-5-3-4-8(7-18)13(14,15)16/h6,8H,2-5,7,17H2,1H3. The van der Waals surface area contributed by atoms with Crippen molar-refractivity contribution in [3.63, 3.8) is 0 Å². The fraction of sp³-hybridized carbons (Fsp3) is 0.615. The van der Waals surface area contributed by atoms with Crippen LogP contribution in [0.25, 0.3) is 0 Å². The number of rotatable bonds is 3. The number of nitrogen functional groups attached to an aromatic ring is 1. The van der Waals surface area contributed by atoms with Crippen molar-refractivity contribution < 1.29 is 22.7 Å². The Morgan fingerprint density at radius 3 is 2.90 bits per heavy atom. The van der Waals surface area contributed by atoms with E-state index in [2.05, 4.69) is 0 Å². The molecule has 1 aliphatic rings. The van der Waals surface area contributed by atoms with E-state index in [1.165, 1.54) is 0 Å². The van der Waals surface area contributed by atoms with Crippen LogP contribution in [0.4, 0.5) is 23.9 Å². The number of halogens is 3. The molecule has 21 heavy (non-hydrogen) atoms. The van der Waals surface area contributed by atoms with Crippen molar-refractivity contribution in [2.45, 2.75) is 25.9 Å². The molecule has 1 unspecified atom stereocenters. The van der Waals surface area contributed by atoms with E-state index >= 15 is 0 Å². The minimum absolute atomic E-state index is 0.0915. The highest BCUT2D eigenvalue weighted by atomic mass is 32.1. The van der Waals surface area contributed by atoms with Gasteiger partial charge in [0.2, 0.25) is 0 Å². The number of hydrogen-bond acceptors (Lipinski definition) is 5. The Balaban J connectivity index is 2.15. The van der Waals surface area contributed by atoms with Crippen LogP contribution in [0.2, 0.25) is 0 Å². The summed E-state index contributed by atoms with van der Waals surface area (Å²) in [5.41, 5.74) is 6.01. The highest BCUT2D eigenvalue weighted by Gasteiger charge is 2.42. The molecule has 8 heteroatoms. The lowest BCUT2D eigenvalue weighted by Crippen LogP contribution is -2.41. The number of hydrogen-bond donors (Lipinski definition) is 1. The Morgan fingerprint density at radius 2 is 2.29 bits per heavy atom. The number of carbonyl (C=O) groups is 1. The van der Waals surface area contributed by atoms with Crippen LogP contribution in [-0.4, -0.2) is 31.8 Å². The van der Waals surface area contributed by atoms with Crippen LogP contribution in [0, 0.1) is 5.92 Å². The second-order valence-corrected chi connectivity index (χ2v) is 5.95. The fourth-order valence-corrected chi connectivity index (χ4v) is 3.36. The summed E-state index contributed by atoms with van der Waals surface area (Å²) in [7, 11) is 0. The van der Waals surface area contributed by atoms with Gasteiger partial charge in [-0.05, 0) is 25.8 Å². The second-order valence-electron chi connectivity index (χ2n) is 4.92. The summed E-state index contributed by atoms with van der Waals surface area (Å²) < 4.78 is 43.3. The molecule has 0 aromatic carbocycles. The molecule has 1 fully saturated rings. The smallest absolute Gasteiger partial charge is 0.393 e. The maximum atomic E-state index is 12.8. The highest BCUT2D eigenvalue weighted by molar-refractivity contribution is 7.18. The molecule has 1 aromatic rings. The molecule has 4 nitrogen and oxygen atoms in total. The van der Waals surface area contributed by atoms with Gasteiger partial charge >= 0.3 is 12.1 Å². The van der Waals surface area contributed by atoms with Gasteiger partial charge in [0, 0.05) is 13.1 Å². The Labute approximate surface area is 124 Å². The van der Waals surface area contributed by atoms with E-state index in [0.29, 0.717) is 18.0 Å². The molecule has 2 N–H and O–H groups in total. The fourth-order valence-electron chi connectivity index (χ4n) is 2.35. The number of nitrogens with zero attached hydrogens (tertiary/aromatic N) is 1. The minimum Gasteiger partial charge on any atom is -0.462 e. The predicted molar refractivity (Wildman–Crippen MR) is 75.7 cm³/mol. The first-order chi connectivity index (χ1) is 9.82. The molecule has 0 spiro atoms. The van der Waals surface area contributed by atoms with E-state index in [0.717, 1.165) is 11.3 Å². The number of carbonyl (C=O) groups excluding carboxylic acids is 1. The van der Waals surface area contributed by atoms with E-state index in [4.69, 9.17) is 10.5 Å². The molecule has 2 heterocycles. The van der Waals surface area contributed by atoms with Gasteiger partial charge in [-0.25, -0.2) is 4.79 Å². The summed E-state index contributed by atoms with van der Waals surface area (Å²) in [6, 6.07) is 1.55. The van der Waals surface area contributed by atoms with Gasteiger partial charge in [0.05, 0.1) is 23.2 Å². The summed E-state index contributed by atoms with van der Waals surface area (Å²) in [4.78, 5) is 13.6. The molecule has 0 saturated carbocycles. The van der Waals surface area contributed by atoms with Crippen molar-refractivity contribution in [1.82, 2.24) is 0 Å². The molecule has 0 aliphatic carbocycles. The van der Waals surface area contributed by atoms with Gasteiger partial charge < -0.3 is 15.4 Å². The lowest BCUT2D eigenvalue weighted by atomic mass is 9.98. The van der Waals surface area contributed by atoms with Gasteiger partial charge in [-0.1, -0.05) is 0 Å². The maximum absolute atomic E-state index is 12.8. The van der Waals surface area contributed by atoms with Crippen LogP contribution in [0.15, 0.2) is 6.07 Å². The van der Waals surface area contributed by atoms with E-state index in [9.17, 15) is 18.0 Å². The number of nitrogens with two attached hydrogens (primary N) is 1. The molecular weight excluding hydrogens is 305 g/mol. The van der Waals surface area contributed by atoms with Gasteiger partial charge in [0.15, 0.2) is 0 Å². The summed E-state index contributed by atoms with van der Waals surface area (Å²) in [5.74, 6) is -1.86. The van der Waals surface area contributed by atoms with E-state index in [1.54, 1.807) is 17.9 Å². The number of thiophene rings is 1. The third-order valence-electron chi connectivity index (χ3n) is 3.40. The Bertz CT molecular complexity index is 516. The van der Waals surface area contributed by atoms with Gasteiger partial charge in [-0.2, -0.15) is 13.2 Å².